The van der Waals surface area contributed by atoms with Gasteiger partial charge >= 0.3 is 24.1 Å². The van der Waals surface area contributed by atoms with Crippen molar-refractivity contribution < 1.29 is 54.6 Å². The number of hydrogen-bond acceptors (Lipinski definition) is 11. The highest BCUT2D eigenvalue weighted by atomic mass is 16.5. The monoisotopic (exact) mass is 564 g/mol. The third-order valence-corrected chi connectivity index (χ3v) is 6.95. The van der Waals surface area contributed by atoms with Gasteiger partial charge in [0, 0.05) is 26.7 Å². The molecule has 4 rings (SSSR count). The van der Waals surface area contributed by atoms with Gasteiger partial charge in [-0.25, -0.2) is 19.2 Å². The highest BCUT2D eigenvalue weighted by molar-refractivity contribution is 5.86. The minimum Gasteiger partial charge on any atom is -0.395 e. The standard InChI is InChI=1S/C12H22N4O5.C8H14N4O6/c1-3-13-9-10(14(4-6-17)11(13)19)15(5-7-18)12(20)16(9)8-21-2;13-1-9-5-6(11(3-15)7(9)17)12(4-16)8(18)10(5)2-14/h9-10,17-18H,3-8H2,1-2H3;5-6,13-16H,1-4H2. The van der Waals surface area contributed by atoms with E-state index in [1.165, 1.54) is 21.8 Å². The molecular weight excluding hydrogens is 528 g/mol. The average Bonchev–Trinajstić information content (AvgIpc) is 3.55. The van der Waals surface area contributed by atoms with Gasteiger partial charge in [-0.1, -0.05) is 0 Å². The molecule has 0 radical (unpaired) electrons. The molecule has 4 aliphatic rings. The number of fused-ring (bicyclic) bond motifs is 2. The molecule has 0 saturated carbocycles. The van der Waals surface area contributed by atoms with E-state index in [2.05, 4.69) is 0 Å². The summed E-state index contributed by atoms with van der Waals surface area (Å²) < 4.78 is 5.06. The summed E-state index contributed by atoms with van der Waals surface area (Å²) in [6.07, 6.45) is -2.87. The summed E-state index contributed by atoms with van der Waals surface area (Å²) in [7, 11) is 1.48. The van der Waals surface area contributed by atoms with E-state index in [1.807, 2.05) is 6.92 Å². The predicted molar refractivity (Wildman–Crippen MR) is 126 cm³/mol. The van der Waals surface area contributed by atoms with Crippen molar-refractivity contribution in [3.05, 3.63) is 0 Å². The fraction of sp³-hybridized carbons (Fsp3) is 0.800. The Bertz CT molecular complexity index is 849. The number of hydrogen-bond donors (Lipinski definition) is 6. The van der Waals surface area contributed by atoms with Crippen LogP contribution < -0.4 is 0 Å². The van der Waals surface area contributed by atoms with Crippen LogP contribution in [0, 0.1) is 0 Å². The Morgan fingerprint density at radius 3 is 1.15 bits per heavy atom. The first-order valence-electron chi connectivity index (χ1n) is 12.2. The second kappa shape index (κ2) is 12.8. The smallest absolute Gasteiger partial charge is 0.327 e. The zero-order chi connectivity index (χ0) is 29.0. The third-order valence-electron chi connectivity index (χ3n) is 6.95. The van der Waals surface area contributed by atoms with Crippen molar-refractivity contribution in [1.29, 1.82) is 0 Å². The van der Waals surface area contributed by atoms with E-state index in [0.717, 1.165) is 19.6 Å². The third kappa shape index (κ3) is 4.86. The fourth-order valence-electron chi connectivity index (χ4n) is 5.37. The van der Waals surface area contributed by atoms with Crippen LogP contribution in [0.1, 0.15) is 6.92 Å². The minimum absolute atomic E-state index is 0.0681. The topological polar surface area (TPSA) is 225 Å². The van der Waals surface area contributed by atoms with Crippen molar-refractivity contribution in [2.24, 2.45) is 0 Å². The SMILES string of the molecule is CCN1C(=O)N(CCO)C2C1N(COC)C(=O)N2CCO.O=C1N(CO)C2C(N1CO)N(CO)C(=O)N2CO. The number of rotatable bonds is 11. The summed E-state index contributed by atoms with van der Waals surface area (Å²) in [5, 5.41) is 55.0. The zero-order valence-electron chi connectivity index (χ0n) is 21.7. The van der Waals surface area contributed by atoms with Gasteiger partial charge in [-0.3, -0.25) is 34.3 Å². The molecule has 19 nitrogen and oxygen atoms in total. The number of nitrogens with zero attached hydrogens (tertiary/aromatic N) is 8. The van der Waals surface area contributed by atoms with Gasteiger partial charge in [0.05, 0.1) is 13.2 Å². The van der Waals surface area contributed by atoms with Crippen molar-refractivity contribution in [1.82, 2.24) is 39.2 Å². The number of likely N-dealkylation sites (N-methyl/N-ethyl adjacent to an activating group) is 1. The summed E-state index contributed by atoms with van der Waals surface area (Å²) in [5.74, 6) is 0. The second-order valence-corrected chi connectivity index (χ2v) is 8.74. The molecule has 4 fully saturated rings. The maximum absolute atomic E-state index is 12.5. The molecule has 0 bridgehead atoms. The Balaban J connectivity index is 0.000000218. The largest absolute Gasteiger partial charge is 0.395 e. The van der Waals surface area contributed by atoms with Crippen molar-refractivity contribution in [2.45, 2.75) is 31.6 Å². The lowest BCUT2D eigenvalue weighted by molar-refractivity contribution is 0.0133. The molecule has 19 heteroatoms. The number of methoxy groups -OCH3 is 1. The lowest BCUT2D eigenvalue weighted by atomic mass is 10.3. The first-order chi connectivity index (χ1) is 18.7. The first-order valence-corrected chi connectivity index (χ1v) is 12.2. The number of carbonyl (C=O) groups is 4. The molecule has 0 aromatic heterocycles. The molecule has 0 aromatic carbocycles. The normalized spacial score (nSPS) is 26.4. The highest BCUT2D eigenvalue weighted by Gasteiger charge is 2.59. The predicted octanol–water partition coefficient (Wildman–Crippen LogP) is -4.36. The lowest BCUT2D eigenvalue weighted by Crippen LogP contribution is -2.48. The summed E-state index contributed by atoms with van der Waals surface area (Å²) in [6.45, 7) is -0.415. The van der Waals surface area contributed by atoms with E-state index >= 15 is 0 Å². The van der Waals surface area contributed by atoms with Crippen molar-refractivity contribution in [3.63, 3.8) is 0 Å². The van der Waals surface area contributed by atoms with Crippen LogP contribution in [0.5, 0.6) is 0 Å². The van der Waals surface area contributed by atoms with Crippen LogP contribution in [0.15, 0.2) is 0 Å². The van der Waals surface area contributed by atoms with Gasteiger partial charge in [0.1, 0.15) is 39.8 Å². The summed E-state index contributed by atoms with van der Waals surface area (Å²) in [4.78, 5) is 58.2. The van der Waals surface area contributed by atoms with Gasteiger partial charge in [-0.05, 0) is 6.92 Å². The minimum atomic E-state index is -0.945. The number of amides is 8. The Morgan fingerprint density at radius 1 is 0.538 bits per heavy atom. The number of β-amino-alcohol motifs (C(OH)–C–C–N with tert-alkyl or cyclic N) is 2. The average molecular weight is 565 g/mol. The van der Waals surface area contributed by atoms with E-state index in [1.54, 1.807) is 4.90 Å². The van der Waals surface area contributed by atoms with Gasteiger partial charge in [0.15, 0.2) is 18.5 Å². The molecule has 4 saturated heterocycles. The van der Waals surface area contributed by atoms with Crippen molar-refractivity contribution in [2.75, 3.05) is 73.6 Å². The number of aliphatic hydroxyl groups is 6. The second-order valence-electron chi connectivity index (χ2n) is 8.74. The fourth-order valence-corrected chi connectivity index (χ4v) is 5.37. The van der Waals surface area contributed by atoms with E-state index < -0.39 is 63.6 Å². The Kier molecular flexibility index (Phi) is 9.93. The number of urea groups is 4. The molecule has 0 aromatic rings. The molecule has 2 atom stereocenters. The summed E-state index contributed by atoms with van der Waals surface area (Å²) in [5.41, 5.74) is 0. The van der Waals surface area contributed by atoms with Crippen LogP contribution in [0.4, 0.5) is 19.2 Å². The van der Waals surface area contributed by atoms with Crippen LogP contribution >= 0.6 is 0 Å². The Hall–Kier alpha value is -3.20. The van der Waals surface area contributed by atoms with E-state index in [4.69, 9.17) is 25.2 Å². The molecule has 0 spiro atoms. The van der Waals surface area contributed by atoms with Gasteiger partial charge in [0.25, 0.3) is 0 Å². The molecule has 8 amide bonds. The molecule has 4 heterocycles. The van der Waals surface area contributed by atoms with Crippen LogP contribution in [-0.4, -0.2) is 192 Å². The summed E-state index contributed by atoms with van der Waals surface area (Å²) in [6, 6.07) is -1.87. The molecule has 222 valence electrons. The zero-order valence-corrected chi connectivity index (χ0v) is 21.7. The maximum atomic E-state index is 12.5. The van der Waals surface area contributed by atoms with Gasteiger partial charge in [0.2, 0.25) is 0 Å². The Labute approximate surface area is 223 Å². The van der Waals surface area contributed by atoms with E-state index in [9.17, 15) is 29.4 Å². The molecule has 2 unspecified atom stereocenters. The quantitative estimate of drug-likeness (QED) is 0.141. The number of ether oxygens (including phenoxy) is 1. The van der Waals surface area contributed by atoms with E-state index in [-0.39, 0.29) is 45.1 Å². The van der Waals surface area contributed by atoms with Crippen LogP contribution in [0.3, 0.4) is 0 Å². The van der Waals surface area contributed by atoms with Crippen molar-refractivity contribution >= 4 is 24.1 Å². The molecule has 4 aliphatic heterocycles. The van der Waals surface area contributed by atoms with Gasteiger partial charge in [-0.2, -0.15) is 0 Å². The highest BCUT2D eigenvalue weighted by Crippen LogP contribution is 2.35. The first kappa shape index (κ1) is 30.3. The Morgan fingerprint density at radius 2 is 0.846 bits per heavy atom. The molecule has 39 heavy (non-hydrogen) atoms. The molecule has 0 aliphatic carbocycles. The maximum Gasteiger partial charge on any atom is 0.327 e. The van der Waals surface area contributed by atoms with Crippen LogP contribution in [0.25, 0.3) is 0 Å². The molecule has 6 N–H and O–H groups in total. The van der Waals surface area contributed by atoms with E-state index in [0.29, 0.717) is 6.54 Å². The van der Waals surface area contributed by atoms with Gasteiger partial charge in [-0.15, -0.1) is 0 Å². The lowest BCUT2D eigenvalue weighted by Gasteiger charge is -2.28. The van der Waals surface area contributed by atoms with Gasteiger partial charge < -0.3 is 40.3 Å². The summed E-state index contributed by atoms with van der Waals surface area (Å²) >= 11 is 0. The van der Waals surface area contributed by atoms with Crippen LogP contribution in [-0.2, 0) is 4.74 Å². The number of carbonyl (C=O) groups excluding carboxylic acids is 4. The van der Waals surface area contributed by atoms with Crippen molar-refractivity contribution in [3.8, 4) is 0 Å². The molecular formula is C20H36N8O11. The van der Waals surface area contributed by atoms with Crippen LogP contribution in [0.2, 0.25) is 0 Å². The number of aliphatic hydroxyl groups excluding tert-OH is 6.